The lowest BCUT2D eigenvalue weighted by Crippen LogP contribution is -1.97. The minimum Gasteiger partial charge on any atom is -0.494 e. The number of benzene rings is 1. The minimum absolute atomic E-state index is 0.252. The third-order valence-corrected chi connectivity index (χ3v) is 3.52. The summed E-state index contributed by atoms with van der Waals surface area (Å²) in [5.74, 6) is 0.479. The van der Waals surface area contributed by atoms with Crippen molar-refractivity contribution in [3.63, 3.8) is 0 Å². The number of rotatable bonds is 9. The summed E-state index contributed by atoms with van der Waals surface area (Å²) >= 11 is 3.15. The van der Waals surface area contributed by atoms with E-state index in [1.807, 2.05) is 0 Å². The van der Waals surface area contributed by atoms with Crippen LogP contribution in [0, 0.1) is 5.82 Å². The van der Waals surface area contributed by atoms with Crippen LogP contribution in [0.4, 0.5) is 4.39 Å². The molecule has 0 unspecified atom stereocenters. The van der Waals surface area contributed by atoms with Gasteiger partial charge in [-0.1, -0.05) is 45.4 Å². The molecule has 0 atom stereocenters. The summed E-state index contributed by atoms with van der Waals surface area (Å²) in [7, 11) is 0. The zero-order valence-corrected chi connectivity index (χ0v) is 12.6. The molecule has 0 bridgehead atoms. The maximum Gasteiger partial charge on any atom is 0.137 e. The van der Waals surface area contributed by atoms with Gasteiger partial charge in [-0.25, -0.2) is 4.39 Å². The van der Waals surface area contributed by atoms with Gasteiger partial charge < -0.3 is 4.74 Å². The van der Waals surface area contributed by atoms with E-state index in [0.29, 0.717) is 11.1 Å². The Morgan fingerprint density at radius 2 is 1.72 bits per heavy atom. The molecule has 0 aliphatic carbocycles. The summed E-state index contributed by atoms with van der Waals surface area (Å²) in [5.41, 5.74) is 0. The molecule has 0 aromatic heterocycles. The van der Waals surface area contributed by atoms with Crippen LogP contribution >= 0.6 is 15.9 Å². The fourth-order valence-electron chi connectivity index (χ4n) is 1.82. The van der Waals surface area contributed by atoms with Crippen LogP contribution < -0.4 is 4.74 Å². The van der Waals surface area contributed by atoms with E-state index in [9.17, 15) is 4.39 Å². The van der Waals surface area contributed by atoms with Gasteiger partial charge in [0.1, 0.15) is 11.6 Å². The van der Waals surface area contributed by atoms with Crippen LogP contribution in [0.25, 0.3) is 0 Å². The van der Waals surface area contributed by atoms with Gasteiger partial charge in [-0.3, -0.25) is 0 Å². The van der Waals surface area contributed by atoms with Crippen molar-refractivity contribution in [1.29, 1.82) is 0 Å². The van der Waals surface area contributed by atoms with E-state index >= 15 is 0 Å². The zero-order valence-electron chi connectivity index (χ0n) is 11.1. The first-order chi connectivity index (χ1) is 8.74. The predicted octanol–water partition coefficient (Wildman–Crippen LogP) is 5.72. The van der Waals surface area contributed by atoms with E-state index in [-0.39, 0.29) is 5.82 Å². The van der Waals surface area contributed by atoms with Crippen molar-refractivity contribution in [2.24, 2.45) is 0 Å². The second-order valence-electron chi connectivity index (χ2n) is 4.55. The van der Waals surface area contributed by atoms with E-state index in [0.717, 1.165) is 12.2 Å². The molecule has 1 nitrogen and oxygen atoms in total. The molecule has 3 heteroatoms. The average Bonchev–Trinajstić information content (AvgIpc) is 2.37. The van der Waals surface area contributed by atoms with E-state index in [4.69, 9.17) is 4.74 Å². The van der Waals surface area contributed by atoms with Crippen LogP contribution in [-0.4, -0.2) is 6.61 Å². The molecule has 0 heterocycles. The maximum atomic E-state index is 13.0. The molecule has 0 saturated carbocycles. The van der Waals surface area contributed by atoms with Gasteiger partial charge in [-0.05, 0) is 40.5 Å². The molecule has 0 amide bonds. The SMILES string of the molecule is CCCCCCCCCOc1ccc(F)c(Br)c1. The number of halogens is 2. The Morgan fingerprint density at radius 3 is 2.39 bits per heavy atom. The highest BCUT2D eigenvalue weighted by molar-refractivity contribution is 9.10. The Morgan fingerprint density at radius 1 is 1.06 bits per heavy atom. The van der Waals surface area contributed by atoms with Gasteiger partial charge in [0.15, 0.2) is 0 Å². The molecule has 1 rings (SSSR count). The van der Waals surface area contributed by atoms with E-state index in [1.54, 1.807) is 12.1 Å². The zero-order chi connectivity index (χ0) is 13.2. The largest absolute Gasteiger partial charge is 0.494 e. The minimum atomic E-state index is -0.252. The average molecular weight is 317 g/mol. The third kappa shape index (κ3) is 6.39. The van der Waals surface area contributed by atoms with E-state index in [2.05, 4.69) is 22.9 Å². The normalized spacial score (nSPS) is 10.6. The predicted molar refractivity (Wildman–Crippen MR) is 77.6 cm³/mol. The first kappa shape index (κ1) is 15.5. The van der Waals surface area contributed by atoms with Gasteiger partial charge in [-0.2, -0.15) is 0 Å². The van der Waals surface area contributed by atoms with Gasteiger partial charge in [0.2, 0.25) is 0 Å². The standard InChI is InChI=1S/C15H22BrFO/c1-2-3-4-5-6-7-8-11-18-13-9-10-15(17)14(16)12-13/h9-10,12H,2-8,11H2,1H3. The number of unbranched alkanes of at least 4 members (excludes halogenated alkanes) is 6. The number of hydrogen-bond donors (Lipinski definition) is 0. The van der Waals surface area contributed by atoms with Crippen LogP contribution in [0.3, 0.4) is 0 Å². The highest BCUT2D eigenvalue weighted by Crippen LogP contribution is 2.21. The molecular weight excluding hydrogens is 295 g/mol. The molecule has 0 fully saturated rings. The van der Waals surface area contributed by atoms with Gasteiger partial charge in [-0.15, -0.1) is 0 Å². The Kier molecular flexibility index (Phi) is 8.06. The van der Waals surface area contributed by atoms with Crippen molar-refractivity contribution in [3.05, 3.63) is 28.5 Å². The summed E-state index contributed by atoms with van der Waals surface area (Å²) in [6.07, 6.45) is 8.89. The molecule has 0 spiro atoms. The second-order valence-corrected chi connectivity index (χ2v) is 5.40. The summed E-state index contributed by atoms with van der Waals surface area (Å²) in [6.45, 7) is 2.94. The van der Waals surface area contributed by atoms with Gasteiger partial charge in [0.05, 0.1) is 11.1 Å². The van der Waals surface area contributed by atoms with Crippen molar-refractivity contribution in [2.45, 2.75) is 51.9 Å². The molecule has 1 aromatic carbocycles. The molecule has 0 aliphatic rings. The fourth-order valence-corrected chi connectivity index (χ4v) is 2.17. The summed E-state index contributed by atoms with van der Waals surface area (Å²) in [4.78, 5) is 0. The quantitative estimate of drug-likeness (QED) is 0.529. The van der Waals surface area contributed by atoms with Gasteiger partial charge in [0, 0.05) is 0 Å². The summed E-state index contributed by atoms with van der Waals surface area (Å²) < 4.78 is 19.0. The van der Waals surface area contributed by atoms with Crippen LogP contribution in [0.2, 0.25) is 0 Å². The molecule has 0 N–H and O–H groups in total. The van der Waals surface area contributed by atoms with Gasteiger partial charge in [0.25, 0.3) is 0 Å². The second kappa shape index (κ2) is 9.37. The topological polar surface area (TPSA) is 9.23 Å². The molecule has 0 radical (unpaired) electrons. The molecular formula is C15H22BrFO. The van der Waals surface area contributed by atoms with Crippen molar-refractivity contribution in [2.75, 3.05) is 6.61 Å². The maximum absolute atomic E-state index is 13.0. The fraction of sp³-hybridized carbons (Fsp3) is 0.600. The van der Waals surface area contributed by atoms with E-state index in [1.165, 1.54) is 44.6 Å². The third-order valence-electron chi connectivity index (χ3n) is 2.91. The first-order valence-electron chi connectivity index (χ1n) is 6.82. The lowest BCUT2D eigenvalue weighted by molar-refractivity contribution is 0.303. The summed E-state index contributed by atoms with van der Waals surface area (Å²) in [6, 6.07) is 4.77. The summed E-state index contributed by atoms with van der Waals surface area (Å²) in [5, 5.41) is 0. The Bertz CT molecular complexity index is 341. The van der Waals surface area contributed by atoms with Crippen molar-refractivity contribution in [3.8, 4) is 5.75 Å². The smallest absolute Gasteiger partial charge is 0.137 e. The van der Waals surface area contributed by atoms with Crippen molar-refractivity contribution in [1.82, 2.24) is 0 Å². The lowest BCUT2D eigenvalue weighted by atomic mass is 10.1. The molecule has 0 saturated heterocycles. The van der Waals surface area contributed by atoms with Gasteiger partial charge >= 0.3 is 0 Å². The highest BCUT2D eigenvalue weighted by Gasteiger charge is 2.00. The number of ether oxygens (including phenoxy) is 1. The molecule has 1 aromatic rings. The van der Waals surface area contributed by atoms with Crippen LogP contribution in [0.5, 0.6) is 5.75 Å². The van der Waals surface area contributed by atoms with Crippen molar-refractivity contribution >= 4 is 15.9 Å². The van der Waals surface area contributed by atoms with Crippen LogP contribution in [-0.2, 0) is 0 Å². The molecule has 18 heavy (non-hydrogen) atoms. The Hall–Kier alpha value is -0.570. The Balaban J connectivity index is 2.05. The lowest BCUT2D eigenvalue weighted by Gasteiger charge is -2.06. The highest BCUT2D eigenvalue weighted by atomic mass is 79.9. The van der Waals surface area contributed by atoms with E-state index < -0.39 is 0 Å². The van der Waals surface area contributed by atoms with Crippen LogP contribution in [0.15, 0.2) is 22.7 Å². The Labute approximate surface area is 118 Å². The molecule has 0 aliphatic heterocycles. The van der Waals surface area contributed by atoms with Crippen molar-refractivity contribution < 1.29 is 9.13 Å². The monoisotopic (exact) mass is 316 g/mol. The number of hydrogen-bond acceptors (Lipinski definition) is 1. The first-order valence-corrected chi connectivity index (χ1v) is 7.61. The molecule has 102 valence electrons. The van der Waals surface area contributed by atoms with Crippen LogP contribution in [0.1, 0.15) is 51.9 Å².